The molecule has 0 unspecified atom stereocenters. The predicted molar refractivity (Wildman–Crippen MR) is 85.0 cm³/mol. The molecule has 23 heavy (non-hydrogen) atoms. The van der Waals surface area contributed by atoms with Gasteiger partial charge in [0.2, 0.25) is 0 Å². The minimum Gasteiger partial charge on any atom is -0.361 e. The van der Waals surface area contributed by atoms with Gasteiger partial charge < -0.3 is 4.52 Å². The number of aryl methyl sites for hydroxylation is 2. The lowest BCUT2D eigenvalue weighted by Crippen LogP contribution is -2.25. The first-order valence-corrected chi connectivity index (χ1v) is 7.53. The molecule has 3 aromatic rings. The fraction of sp³-hybridized carbons (Fsp3) is 0.375. The topological polar surface area (TPSA) is 72.9 Å². The maximum absolute atomic E-state index is 5.24. The highest BCUT2D eigenvalue weighted by molar-refractivity contribution is 5.31. The summed E-state index contributed by atoms with van der Waals surface area (Å²) in [6, 6.07) is 9.93. The van der Waals surface area contributed by atoms with E-state index in [1.54, 1.807) is 4.68 Å². The molecule has 7 nitrogen and oxygen atoms in total. The van der Waals surface area contributed by atoms with Crippen LogP contribution in [0.1, 0.15) is 35.8 Å². The van der Waals surface area contributed by atoms with Gasteiger partial charge in [-0.05, 0) is 50.4 Å². The van der Waals surface area contributed by atoms with Crippen molar-refractivity contribution >= 4 is 0 Å². The Morgan fingerprint density at radius 3 is 2.61 bits per heavy atom. The van der Waals surface area contributed by atoms with Crippen LogP contribution in [-0.4, -0.2) is 37.3 Å². The molecule has 7 heteroatoms. The lowest BCUT2D eigenvalue weighted by atomic mass is 10.1. The molecule has 0 fully saturated rings. The van der Waals surface area contributed by atoms with Crippen LogP contribution in [0.4, 0.5) is 0 Å². The number of tetrazole rings is 1. The molecule has 0 saturated carbocycles. The standard InChI is InChI=1S/C16H20N6O/c1-11-15(13(3)23-18-11)10-21(4)12(2)16-17-19-20-22(16)14-8-6-5-7-9-14/h5-9,12H,10H2,1-4H3/t12-/m0/s1. The fourth-order valence-electron chi connectivity index (χ4n) is 2.52. The minimum atomic E-state index is 0.0407. The van der Waals surface area contributed by atoms with Crippen molar-refractivity contribution < 1.29 is 4.52 Å². The molecule has 0 amide bonds. The highest BCUT2D eigenvalue weighted by Crippen LogP contribution is 2.22. The molecule has 0 aliphatic rings. The Kier molecular flexibility index (Phi) is 4.20. The van der Waals surface area contributed by atoms with Crippen LogP contribution in [0.15, 0.2) is 34.9 Å². The Hall–Kier alpha value is -2.54. The summed E-state index contributed by atoms with van der Waals surface area (Å²) < 4.78 is 7.01. The highest BCUT2D eigenvalue weighted by Gasteiger charge is 2.22. The van der Waals surface area contributed by atoms with Gasteiger partial charge in [0.25, 0.3) is 0 Å². The molecule has 0 N–H and O–H groups in total. The first-order valence-electron chi connectivity index (χ1n) is 7.53. The van der Waals surface area contributed by atoms with Crippen LogP contribution in [0.2, 0.25) is 0 Å². The van der Waals surface area contributed by atoms with Crippen molar-refractivity contribution in [1.29, 1.82) is 0 Å². The molecule has 0 saturated heterocycles. The molecule has 0 spiro atoms. The number of hydrogen-bond acceptors (Lipinski definition) is 6. The predicted octanol–water partition coefficient (Wildman–Crippen LogP) is 2.46. The van der Waals surface area contributed by atoms with Gasteiger partial charge in [0.1, 0.15) is 5.76 Å². The van der Waals surface area contributed by atoms with E-state index in [4.69, 9.17) is 4.52 Å². The van der Waals surface area contributed by atoms with E-state index in [1.165, 1.54) is 0 Å². The molecule has 0 bridgehead atoms. The van der Waals surface area contributed by atoms with Gasteiger partial charge in [-0.2, -0.15) is 4.68 Å². The lowest BCUT2D eigenvalue weighted by molar-refractivity contribution is 0.239. The van der Waals surface area contributed by atoms with E-state index in [0.29, 0.717) is 0 Å². The van der Waals surface area contributed by atoms with Crippen molar-refractivity contribution in [3.63, 3.8) is 0 Å². The van der Waals surface area contributed by atoms with Gasteiger partial charge in [0.15, 0.2) is 5.82 Å². The lowest BCUT2D eigenvalue weighted by Gasteiger charge is -2.23. The first kappa shape index (κ1) is 15.4. The summed E-state index contributed by atoms with van der Waals surface area (Å²) in [5, 5.41) is 16.2. The zero-order chi connectivity index (χ0) is 16.4. The van der Waals surface area contributed by atoms with Crippen molar-refractivity contribution in [2.24, 2.45) is 0 Å². The Bertz CT molecular complexity index is 759. The van der Waals surface area contributed by atoms with E-state index in [-0.39, 0.29) is 6.04 Å². The van der Waals surface area contributed by atoms with Crippen LogP contribution in [-0.2, 0) is 6.54 Å². The van der Waals surface area contributed by atoms with Gasteiger partial charge in [-0.1, -0.05) is 23.4 Å². The first-order chi connectivity index (χ1) is 11.1. The third-order valence-corrected chi connectivity index (χ3v) is 4.12. The zero-order valence-corrected chi connectivity index (χ0v) is 13.8. The number of hydrogen-bond donors (Lipinski definition) is 0. The fourth-order valence-corrected chi connectivity index (χ4v) is 2.52. The van der Waals surface area contributed by atoms with Crippen LogP contribution < -0.4 is 0 Å². The average molecular weight is 312 g/mol. The Morgan fingerprint density at radius 2 is 1.96 bits per heavy atom. The SMILES string of the molecule is Cc1noc(C)c1CN(C)[C@@H](C)c1nnnn1-c1ccccc1. The summed E-state index contributed by atoms with van der Waals surface area (Å²) in [7, 11) is 2.04. The molecule has 120 valence electrons. The monoisotopic (exact) mass is 312 g/mol. The molecular weight excluding hydrogens is 292 g/mol. The second-order valence-corrected chi connectivity index (χ2v) is 5.68. The van der Waals surface area contributed by atoms with E-state index in [2.05, 4.69) is 32.5 Å². The van der Waals surface area contributed by atoms with E-state index in [9.17, 15) is 0 Å². The summed E-state index contributed by atoms with van der Waals surface area (Å²) in [5.41, 5.74) is 2.98. The van der Waals surface area contributed by atoms with E-state index in [1.807, 2.05) is 51.2 Å². The van der Waals surface area contributed by atoms with Gasteiger partial charge in [-0.15, -0.1) is 5.10 Å². The normalized spacial score (nSPS) is 12.7. The van der Waals surface area contributed by atoms with E-state index < -0.39 is 0 Å². The third kappa shape index (κ3) is 3.00. The number of benzene rings is 1. The molecule has 2 aromatic heterocycles. The van der Waals surface area contributed by atoms with Crippen molar-refractivity contribution in [1.82, 2.24) is 30.3 Å². The van der Waals surface area contributed by atoms with Crippen LogP contribution >= 0.6 is 0 Å². The Labute approximate surface area is 134 Å². The van der Waals surface area contributed by atoms with Gasteiger partial charge in [-0.25, -0.2) is 0 Å². The molecular formula is C16H20N6O. The Balaban J connectivity index is 1.84. The minimum absolute atomic E-state index is 0.0407. The Morgan fingerprint density at radius 1 is 1.22 bits per heavy atom. The summed E-state index contributed by atoms with van der Waals surface area (Å²) in [6.07, 6.45) is 0. The second-order valence-electron chi connectivity index (χ2n) is 5.68. The number of para-hydroxylation sites is 1. The van der Waals surface area contributed by atoms with Crippen molar-refractivity contribution in [2.45, 2.75) is 33.4 Å². The molecule has 3 rings (SSSR count). The van der Waals surface area contributed by atoms with Crippen molar-refractivity contribution in [3.8, 4) is 5.69 Å². The van der Waals surface area contributed by atoms with Gasteiger partial charge in [-0.3, -0.25) is 4.90 Å². The molecule has 0 aliphatic heterocycles. The largest absolute Gasteiger partial charge is 0.361 e. The number of rotatable bonds is 5. The maximum Gasteiger partial charge on any atom is 0.173 e. The van der Waals surface area contributed by atoms with Crippen LogP contribution in [0.25, 0.3) is 5.69 Å². The molecule has 0 aliphatic carbocycles. The second kappa shape index (κ2) is 6.29. The summed E-state index contributed by atoms with van der Waals surface area (Å²) in [6.45, 7) is 6.70. The van der Waals surface area contributed by atoms with Gasteiger partial charge in [0.05, 0.1) is 17.4 Å². The van der Waals surface area contributed by atoms with Crippen LogP contribution in [0.5, 0.6) is 0 Å². The van der Waals surface area contributed by atoms with E-state index in [0.717, 1.165) is 35.1 Å². The summed E-state index contributed by atoms with van der Waals surface area (Å²) in [4.78, 5) is 2.18. The maximum atomic E-state index is 5.24. The zero-order valence-electron chi connectivity index (χ0n) is 13.8. The van der Waals surface area contributed by atoms with Crippen LogP contribution in [0, 0.1) is 13.8 Å². The van der Waals surface area contributed by atoms with Gasteiger partial charge >= 0.3 is 0 Å². The quantitative estimate of drug-likeness (QED) is 0.720. The molecule has 2 heterocycles. The highest BCUT2D eigenvalue weighted by atomic mass is 16.5. The third-order valence-electron chi connectivity index (χ3n) is 4.12. The molecule has 0 radical (unpaired) electrons. The average Bonchev–Trinajstić information content (AvgIpc) is 3.17. The van der Waals surface area contributed by atoms with Crippen LogP contribution in [0.3, 0.4) is 0 Å². The summed E-state index contributed by atoms with van der Waals surface area (Å²) >= 11 is 0. The molecule has 1 aromatic carbocycles. The number of nitrogens with zero attached hydrogens (tertiary/aromatic N) is 6. The van der Waals surface area contributed by atoms with E-state index >= 15 is 0 Å². The molecule has 1 atom stereocenters. The van der Waals surface area contributed by atoms with Gasteiger partial charge in [0, 0.05) is 12.1 Å². The smallest absolute Gasteiger partial charge is 0.173 e. The van der Waals surface area contributed by atoms with Crippen molar-refractivity contribution in [2.75, 3.05) is 7.05 Å². The number of aromatic nitrogens is 5. The summed E-state index contributed by atoms with van der Waals surface area (Å²) in [5.74, 6) is 1.65. The van der Waals surface area contributed by atoms with Crippen molar-refractivity contribution in [3.05, 3.63) is 53.2 Å².